The highest BCUT2D eigenvalue weighted by atomic mass is 35.5. The molecule has 0 amide bonds. The van der Waals surface area contributed by atoms with Crippen LogP contribution in [-0.2, 0) is 0 Å². The molecule has 1 aromatic heterocycles. The van der Waals surface area contributed by atoms with Gasteiger partial charge < -0.3 is 11.1 Å². The number of nitrogen functional groups attached to an aromatic ring is 1. The lowest BCUT2D eigenvalue weighted by atomic mass is 9.96. The summed E-state index contributed by atoms with van der Waals surface area (Å²) in [7, 11) is 0. The molecular formula is C15H17ClN4. The molecule has 0 bridgehead atoms. The Labute approximate surface area is 123 Å². The molecule has 5 heteroatoms. The van der Waals surface area contributed by atoms with Crippen molar-refractivity contribution < 1.29 is 0 Å². The number of halogens is 1. The van der Waals surface area contributed by atoms with E-state index in [0.29, 0.717) is 11.0 Å². The Bertz CT molecular complexity index is 609. The fourth-order valence-electron chi connectivity index (χ4n) is 2.64. The molecule has 0 spiro atoms. The van der Waals surface area contributed by atoms with Crippen molar-refractivity contribution in [1.29, 1.82) is 0 Å². The van der Waals surface area contributed by atoms with Gasteiger partial charge in [-0.3, -0.25) is 0 Å². The average molecular weight is 289 g/mol. The van der Waals surface area contributed by atoms with Gasteiger partial charge in [0, 0.05) is 16.8 Å². The van der Waals surface area contributed by atoms with Crippen LogP contribution < -0.4 is 11.1 Å². The average Bonchev–Trinajstić information content (AvgIpc) is 2.48. The van der Waals surface area contributed by atoms with Gasteiger partial charge in [-0.25, -0.2) is 9.97 Å². The molecule has 0 saturated carbocycles. The fraction of sp³-hybridized carbons (Fsp3) is 0.333. The lowest BCUT2D eigenvalue weighted by molar-refractivity contribution is 0.406. The highest BCUT2D eigenvalue weighted by Gasteiger charge is 2.21. The van der Waals surface area contributed by atoms with Crippen LogP contribution in [-0.4, -0.2) is 16.5 Å². The van der Waals surface area contributed by atoms with Crippen molar-refractivity contribution in [3.05, 3.63) is 41.2 Å². The van der Waals surface area contributed by atoms with Crippen LogP contribution in [0.2, 0.25) is 5.02 Å². The Kier molecular flexibility index (Phi) is 3.85. The standard InChI is InChI=1S/C15H17ClN4/c16-11-5-3-4-10(8-11)12-9-19-15(17)20-14(12)13-6-1-2-7-18-13/h3-5,8-9,13,18H,1-2,6-7H2,(H2,17,19,20)/t13-/m0/s1. The van der Waals surface area contributed by atoms with Crippen LogP contribution in [0.1, 0.15) is 31.0 Å². The van der Waals surface area contributed by atoms with Gasteiger partial charge in [-0.2, -0.15) is 0 Å². The number of piperidine rings is 1. The van der Waals surface area contributed by atoms with E-state index in [1.165, 1.54) is 12.8 Å². The molecule has 20 heavy (non-hydrogen) atoms. The molecule has 1 aliphatic rings. The number of anilines is 1. The summed E-state index contributed by atoms with van der Waals surface area (Å²) in [4.78, 5) is 8.60. The van der Waals surface area contributed by atoms with Crippen LogP contribution in [0.5, 0.6) is 0 Å². The van der Waals surface area contributed by atoms with Gasteiger partial charge >= 0.3 is 0 Å². The molecule has 4 nitrogen and oxygen atoms in total. The second-order valence-electron chi connectivity index (χ2n) is 5.04. The maximum Gasteiger partial charge on any atom is 0.220 e. The fourth-order valence-corrected chi connectivity index (χ4v) is 2.83. The topological polar surface area (TPSA) is 63.8 Å². The van der Waals surface area contributed by atoms with Crippen molar-refractivity contribution in [3.63, 3.8) is 0 Å². The quantitative estimate of drug-likeness (QED) is 0.891. The smallest absolute Gasteiger partial charge is 0.220 e. The van der Waals surface area contributed by atoms with Crippen molar-refractivity contribution in [2.75, 3.05) is 12.3 Å². The lowest BCUT2D eigenvalue weighted by Crippen LogP contribution is -2.28. The van der Waals surface area contributed by atoms with Crippen LogP contribution >= 0.6 is 11.6 Å². The van der Waals surface area contributed by atoms with Gasteiger partial charge in [0.15, 0.2) is 0 Å². The SMILES string of the molecule is Nc1ncc(-c2cccc(Cl)c2)c([C@@H]2CCCCN2)n1. The molecule has 104 valence electrons. The molecule has 2 heterocycles. The number of benzene rings is 1. The Morgan fingerprint density at radius 3 is 2.95 bits per heavy atom. The van der Waals surface area contributed by atoms with Gasteiger partial charge in [-0.1, -0.05) is 30.2 Å². The molecule has 0 radical (unpaired) electrons. The summed E-state index contributed by atoms with van der Waals surface area (Å²) in [5.41, 5.74) is 8.77. The van der Waals surface area contributed by atoms with E-state index < -0.39 is 0 Å². The van der Waals surface area contributed by atoms with E-state index in [9.17, 15) is 0 Å². The summed E-state index contributed by atoms with van der Waals surface area (Å²) in [6.45, 7) is 1.02. The van der Waals surface area contributed by atoms with Crippen LogP contribution in [0.3, 0.4) is 0 Å². The zero-order chi connectivity index (χ0) is 13.9. The van der Waals surface area contributed by atoms with Crippen LogP contribution in [0, 0.1) is 0 Å². The first kappa shape index (κ1) is 13.3. The molecule has 3 N–H and O–H groups in total. The third-order valence-electron chi connectivity index (χ3n) is 3.61. The number of nitrogens with one attached hydrogen (secondary N) is 1. The van der Waals surface area contributed by atoms with E-state index in [1.54, 1.807) is 6.20 Å². The van der Waals surface area contributed by atoms with Crippen molar-refractivity contribution in [3.8, 4) is 11.1 Å². The molecule has 0 unspecified atom stereocenters. The number of hydrogen-bond donors (Lipinski definition) is 2. The molecule has 1 saturated heterocycles. The summed E-state index contributed by atoms with van der Waals surface area (Å²) in [6, 6.07) is 7.99. The lowest BCUT2D eigenvalue weighted by Gasteiger charge is -2.25. The number of nitrogens with two attached hydrogens (primary N) is 1. The van der Waals surface area contributed by atoms with Crippen molar-refractivity contribution in [2.24, 2.45) is 0 Å². The molecular weight excluding hydrogens is 272 g/mol. The van der Waals surface area contributed by atoms with E-state index in [0.717, 1.165) is 29.8 Å². The highest BCUT2D eigenvalue weighted by Crippen LogP contribution is 2.31. The van der Waals surface area contributed by atoms with Crippen LogP contribution in [0.15, 0.2) is 30.5 Å². The van der Waals surface area contributed by atoms with Crippen LogP contribution in [0.25, 0.3) is 11.1 Å². The predicted octanol–water partition coefficient (Wildman–Crippen LogP) is 3.19. The maximum absolute atomic E-state index is 6.08. The summed E-state index contributed by atoms with van der Waals surface area (Å²) in [6.07, 6.45) is 5.28. The molecule has 1 atom stereocenters. The minimum atomic E-state index is 0.239. The van der Waals surface area contributed by atoms with Gasteiger partial charge in [-0.05, 0) is 37.1 Å². The first-order valence-electron chi connectivity index (χ1n) is 6.86. The monoisotopic (exact) mass is 288 g/mol. The van der Waals surface area contributed by atoms with E-state index in [2.05, 4.69) is 15.3 Å². The Morgan fingerprint density at radius 2 is 2.20 bits per heavy atom. The zero-order valence-corrected chi connectivity index (χ0v) is 11.9. The van der Waals surface area contributed by atoms with Gasteiger partial charge in [0.2, 0.25) is 5.95 Å². The van der Waals surface area contributed by atoms with Gasteiger partial charge in [0.25, 0.3) is 0 Å². The van der Waals surface area contributed by atoms with Gasteiger partial charge in [0.05, 0.1) is 11.7 Å². The summed E-state index contributed by atoms with van der Waals surface area (Å²) in [5.74, 6) is 0.318. The molecule has 1 aromatic carbocycles. The molecule has 0 aliphatic carbocycles. The van der Waals surface area contributed by atoms with Crippen molar-refractivity contribution >= 4 is 17.5 Å². The maximum atomic E-state index is 6.08. The van der Waals surface area contributed by atoms with E-state index in [1.807, 2.05) is 24.3 Å². The highest BCUT2D eigenvalue weighted by molar-refractivity contribution is 6.30. The van der Waals surface area contributed by atoms with Crippen LogP contribution in [0.4, 0.5) is 5.95 Å². The predicted molar refractivity (Wildman–Crippen MR) is 81.5 cm³/mol. The minimum Gasteiger partial charge on any atom is -0.368 e. The minimum absolute atomic E-state index is 0.239. The van der Waals surface area contributed by atoms with E-state index >= 15 is 0 Å². The summed E-state index contributed by atoms with van der Waals surface area (Å²) >= 11 is 6.08. The summed E-state index contributed by atoms with van der Waals surface area (Å²) < 4.78 is 0. The van der Waals surface area contributed by atoms with Crippen molar-refractivity contribution in [2.45, 2.75) is 25.3 Å². The largest absolute Gasteiger partial charge is 0.368 e. The van der Waals surface area contributed by atoms with Crippen molar-refractivity contribution in [1.82, 2.24) is 15.3 Å². The third kappa shape index (κ3) is 2.76. The number of hydrogen-bond acceptors (Lipinski definition) is 4. The normalized spacial score (nSPS) is 18.9. The number of rotatable bonds is 2. The molecule has 2 aromatic rings. The number of aromatic nitrogens is 2. The molecule has 3 rings (SSSR count). The Hall–Kier alpha value is -1.65. The second kappa shape index (κ2) is 5.77. The summed E-state index contributed by atoms with van der Waals surface area (Å²) in [5, 5.41) is 4.22. The second-order valence-corrected chi connectivity index (χ2v) is 5.48. The van der Waals surface area contributed by atoms with E-state index in [4.69, 9.17) is 17.3 Å². The first-order chi connectivity index (χ1) is 9.74. The molecule has 1 aliphatic heterocycles. The molecule has 1 fully saturated rings. The number of nitrogens with zero attached hydrogens (tertiary/aromatic N) is 2. The van der Waals surface area contributed by atoms with Gasteiger partial charge in [0.1, 0.15) is 0 Å². The third-order valence-corrected chi connectivity index (χ3v) is 3.85. The zero-order valence-electron chi connectivity index (χ0n) is 11.1. The first-order valence-corrected chi connectivity index (χ1v) is 7.23. The Balaban J connectivity index is 2.05. The Morgan fingerprint density at radius 1 is 1.30 bits per heavy atom. The van der Waals surface area contributed by atoms with Gasteiger partial charge in [-0.15, -0.1) is 0 Å². The van der Waals surface area contributed by atoms with E-state index in [-0.39, 0.29) is 6.04 Å².